The molecular weight excluding hydrogens is 459 g/mol. The summed E-state index contributed by atoms with van der Waals surface area (Å²) in [7, 11) is 0. The van der Waals surface area contributed by atoms with E-state index in [4.69, 9.17) is 4.98 Å². The summed E-state index contributed by atoms with van der Waals surface area (Å²) in [6.45, 7) is 11.0. The van der Waals surface area contributed by atoms with Crippen LogP contribution in [0.4, 0.5) is 9.52 Å². The number of unbranched alkanes of at least 4 members (excludes halogenated alkanes) is 1. The molecule has 1 aliphatic rings. The SMILES string of the molecule is C.CC.Cc1ccc(Cc2nsc(N3CCN(CCCCC(=O)c4cccc(F)c4)CC3)n2)cc1. The van der Waals surface area contributed by atoms with Crippen LogP contribution in [0.3, 0.4) is 0 Å². The van der Waals surface area contributed by atoms with Gasteiger partial charge in [0.05, 0.1) is 0 Å². The zero-order valence-electron chi connectivity index (χ0n) is 20.5. The highest BCUT2D eigenvalue weighted by Gasteiger charge is 2.20. The summed E-state index contributed by atoms with van der Waals surface area (Å²) >= 11 is 1.49. The number of hydrogen-bond acceptors (Lipinski definition) is 6. The minimum atomic E-state index is -0.355. The summed E-state index contributed by atoms with van der Waals surface area (Å²) in [6, 6.07) is 14.5. The summed E-state index contributed by atoms with van der Waals surface area (Å²) in [4.78, 5) is 21.7. The number of piperazine rings is 1. The van der Waals surface area contributed by atoms with Crippen LogP contribution in [0.1, 0.15) is 67.8 Å². The molecule has 35 heavy (non-hydrogen) atoms. The second kappa shape index (κ2) is 14.7. The minimum Gasteiger partial charge on any atom is -0.344 e. The van der Waals surface area contributed by atoms with Crippen LogP contribution in [0.5, 0.6) is 0 Å². The largest absolute Gasteiger partial charge is 0.344 e. The maximum atomic E-state index is 13.3. The van der Waals surface area contributed by atoms with E-state index in [1.54, 1.807) is 12.1 Å². The molecule has 1 fully saturated rings. The number of hydrogen-bond donors (Lipinski definition) is 0. The molecule has 0 saturated carbocycles. The summed E-state index contributed by atoms with van der Waals surface area (Å²) in [5, 5.41) is 1.01. The molecule has 5 nitrogen and oxygen atoms in total. The molecule has 0 amide bonds. The minimum absolute atomic E-state index is 0. The smallest absolute Gasteiger partial charge is 0.205 e. The number of carbonyl (C=O) groups excluding carboxylic acids is 1. The highest BCUT2D eigenvalue weighted by Crippen LogP contribution is 2.21. The van der Waals surface area contributed by atoms with Gasteiger partial charge in [-0.3, -0.25) is 9.69 Å². The summed E-state index contributed by atoms with van der Waals surface area (Å²) in [5.41, 5.74) is 2.97. The van der Waals surface area contributed by atoms with Crippen LogP contribution in [-0.4, -0.2) is 52.8 Å². The Morgan fingerprint density at radius 2 is 1.74 bits per heavy atom. The van der Waals surface area contributed by atoms with E-state index in [2.05, 4.69) is 45.4 Å². The molecule has 1 aromatic heterocycles. The monoisotopic (exact) mass is 498 g/mol. The summed E-state index contributed by atoms with van der Waals surface area (Å²) in [6.07, 6.45) is 3.04. The maximum Gasteiger partial charge on any atom is 0.205 e. The van der Waals surface area contributed by atoms with Crippen LogP contribution in [0, 0.1) is 12.7 Å². The van der Waals surface area contributed by atoms with Crippen molar-refractivity contribution in [2.75, 3.05) is 37.6 Å². The third kappa shape index (κ3) is 8.82. The lowest BCUT2D eigenvalue weighted by molar-refractivity contribution is 0.0977. The number of halogens is 1. The van der Waals surface area contributed by atoms with Crippen molar-refractivity contribution in [3.05, 3.63) is 76.9 Å². The van der Waals surface area contributed by atoms with E-state index in [-0.39, 0.29) is 19.0 Å². The van der Waals surface area contributed by atoms with Gasteiger partial charge in [-0.25, -0.2) is 9.37 Å². The van der Waals surface area contributed by atoms with Crippen LogP contribution in [0.2, 0.25) is 0 Å². The average molecular weight is 499 g/mol. The predicted octanol–water partition coefficient (Wildman–Crippen LogP) is 6.41. The second-order valence-corrected chi connectivity index (χ2v) is 9.11. The van der Waals surface area contributed by atoms with Gasteiger partial charge < -0.3 is 4.90 Å². The molecule has 190 valence electrons. The Morgan fingerprint density at radius 3 is 2.43 bits per heavy atom. The number of aromatic nitrogens is 2. The number of carbonyl (C=O) groups is 1. The molecule has 2 heterocycles. The molecule has 1 aliphatic heterocycles. The summed E-state index contributed by atoms with van der Waals surface area (Å²) in [5.74, 6) is 0.553. The Morgan fingerprint density at radius 1 is 1.03 bits per heavy atom. The van der Waals surface area contributed by atoms with E-state index in [1.165, 1.54) is 34.8 Å². The zero-order chi connectivity index (χ0) is 24.3. The molecule has 0 radical (unpaired) electrons. The fourth-order valence-corrected chi connectivity index (χ4v) is 4.66. The number of Topliss-reactive ketones (excluding diaryl/α,β-unsaturated/α-hetero) is 1. The van der Waals surface area contributed by atoms with E-state index >= 15 is 0 Å². The number of benzene rings is 2. The summed E-state index contributed by atoms with van der Waals surface area (Å²) < 4.78 is 17.8. The molecule has 0 bridgehead atoms. The second-order valence-electron chi connectivity index (χ2n) is 8.37. The standard InChI is InChI=1S/C25H29FN4OS.C2H6.CH4/c1-19-8-10-20(11-9-19)17-24-27-25(32-28-24)30-15-13-29(14-16-30)12-3-2-7-23(31)21-5-4-6-22(26)18-21;1-2;/h4-6,8-11,18H,2-3,7,12-17H2,1H3;1-2H3;1H4. The number of ketones is 1. The van der Waals surface area contributed by atoms with Gasteiger partial charge in [-0.2, -0.15) is 4.37 Å². The van der Waals surface area contributed by atoms with Crippen molar-refractivity contribution in [3.63, 3.8) is 0 Å². The van der Waals surface area contributed by atoms with Gasteiger partial charge in [0.1, 0.15) is 11.6 Å². The molecule has 0 unspecified atom stereocenters. The first-order valence-electron chi connectivity index (χ1n) is 12.2. The van der Waals surface area contributed by atoms with Crippen LogP contribution in [-0.2, 0) is 6.42 Å². The van der Waals surface area contributed by atoms with Gasteiger partial charge in [-0.15, -0.1) is 0 Å². The maximum absolute atomic E-state index is 13.3. The van der Waals surface area contributed by atoms with Crippen LogP contribution in [0.25, 0.3) is 0 Å². The topological polar surface area (TPSA) is 49.3 Å². The lowest BCUT2D eigenvalue weighted by atomic mass is 10.1. The normalized spacial score (nSPS) is 13.5. The Labute approximate surface area is 214 Å². The quantitative estimate of drug-likeness (QED) is 0.252. The van der Waals surface area contributed by atoms with Crippen LogP contribution >= 0.6 is 11.5 Å². The van der Waals surface area contributed by atoms with E-state index in [1.807, 2.05) is 13.8 Å². The van der Waals surface area contributed by atoms with Gasteiger partial charge in [0.2, 0.25) is 5.13 Å². The van der Waals surface area contributed by atoms with Crippen molar-refractivity contribution in [2.45, 2.75) is 53.9 Å². The fraction of sp³-hybridized carbons (Fsp3) is 0.464. The van der Waals surface area contributed by atoms with Crippen molar-refractivity contribution in [1.29, 1.82) is 0 Å². The number of aryl methyl sites for hydroxylation is 1. The average Bonchev–Trinajstić information content (AvgIpc) is 3.33. The van der Waals surface area contributed by atoms with Crippen molar-refractivity contribution >= 4 is 22.4 Å². The van der Waals surface area contributed by atoms with Crippen LogP contribution in [0.15, 0.2) is 48.5 Å². The van der Waals surface area contributed by atoms with E-state index in [0.29, 0.717) is 12.0 Å². The highest BCUT2D eigenvalue weighted by molar-refractivity contribution is 7.09. The third-order valence-corrected chi connectivity index (χ3v) is 6.67. The van der Waals surface area contributed by atoms with Crippen LogP contribution < -0.4 is 4.90 Å². The van der Waals surface area contributed by atoms with Crippen molar-refractivity contribution in [3.8, 4) is 0 Å². The van der Waals surface area contributed by atoms with Gasteiger partial charge in [0.15, 0.2) is 5.78 Å². The lowest BCUT2D eigenvalue weighted by Crippen LogP contribution is -2.46. The molecule has 0 spiro atoms. The molecule has 0 atom stereocenters. The van der Waals surface area contributed by atoms with Crippen molar-refractivity contribution in [2.24, 2.45) is 0 Å². The van der Waals surface area contributed by atoms with Crippen molar-refractivity contribution in [1.82, 2.24) is 14.3 Å². The molecule has 2 aromatic carbocycles. The Kier molecular flexibility index (Phi) is 12.0. The lowest BCUT2D eigenvalue weighted by Gasteiger charge is -2.34. The highest BCUT2D eigenvalue weighted by atomic mass is 32.1. The molecule has 1 saturated heterocycles. The van der Waals surface area contributed by atoms with Gasteiger partial charge in [0, 0.05) is 56.1 Å². The molecule has 0 N–H and O–H groups in total. The van der Waals surface area contributed by atoms with Gasteiger partial charge in [-0.05, 0) is 44.0 Å². The first kappa shape index (κ1) is 28.6. The molecule has 7 heteroatoms. The Hall–Kier alpha value is -2.64. The number of nitrogens with zero attached hydrogens (tertiary/aromatic N) is 4. The fourth-order valence-electron chi connectivity index (χ4n) is 3.92. The van der Waals surface area contributed by atoms with E-state index in [0.717, 1.165) is 62.9 Å². The van der Waals surface area contributed by atoms with E-state index in [9.17, 15) is 9.18 Å². The molecule has 4 rings (SSSR count). The van der Waals surface area contributed by atoms with Gasteiger partial charge >= 0.3 is 0 Å². The van der Waals surface area contributed by atoms with Crippen molar-refractivity contribution < 1.29 is 9.18 Å². The first-order valence-corrected chi connectivity index (χ1v) is 13.0. The number of anilines is 1. The molecular formula is C28H39FN4OS. The van der Waals surface area contributed by atoms with Gasteiger partial charge in [0.25, 0.3) is 0 Å². The number of rotatable bonds is 9. The Balaban J connectivity index is 0.00000140. The molecule has 3 aromatic rings. The first-order chi connectivity index (χ1) is 16.6. The van der Waals surface area contributed by atoms with Gasteiger partial charge in [-0.1, -0.05) is 63.2 Å². The third-order valence-electron chi connectivity index (χ3n) is 5.86. The predicted molar refractivity (Wildman–Crippen MR) is 145 cm³/mol. The Bertz CT molecular complexity index is 1030. The van der Waals surface area contributed by atoms with E-state index < -0.39 is 0 Å². The zero-order valence-corrected chi connectivity index (χ0v) is 21.3. The molecule has 0 aliphatic carbocycles.